The third kappa shape index (κ3) is 5.76. The molecular weight excluding hydrogens is 524 g/mol. The fraction of sp³-hybridized carbons (Fsp3) is 0.175. The summed E-state index contributed by atoms with van der Waals surface area (Å²) in [6, 6.07) is 50.5. The molecule has 1 aliphatic rings. The molecule has 2 N–H and O–H groups in total. The highest BCUT2D eigenvalue weighted by Crippen LogP contribution is 2.43. The topological polar surface area (TPSA) is 41.1 Å². The molecule has 0 aliphatic heterocycles. The molecule has 1 aliphatic carbocycles. The van der Waals surface area contributed by atoms with Crippen LogP contribution in [0.25, 0.3) is 21.5 Å². The summed E-state index contributed by atoms with van der Waals surface area (Å²) in [5, 5.41) is 12.4. The lowest BCUT2D eigenvalue weighted by molar-refractivity contribution is -0.130. The maximum Gasteiger partial charge on any atom is 0.143 e. The van der Waals surface area contributed by atoms with Crippen LogP contribution >= 0.6 is 0 Å². The number of carbonyl (C=O) groups is 1. The van der Waals surface area contributed by atoms with Crippen molar-refractivity contribution in [1.29, 1.82) is 0 Å². The number of rotatable bonds is 8. The summed E-state index contributed by atoms with van der Waals surface area (Å²) >= 11 is 0. The second-order valence-corrected chi connectivity index (χ2v) is 11.7. The molecular formula is C40H36N2O. The second kappa shape index (κ2) is 12.1. The highest BCUT2D eigenvalue weighted by atomic mass is 16.1. The van der Waals surface area contributed by atoms with E-state index in [2.05, 4.69) is 120 Å². The number of anilines is 2. The van der Waals surface area contributed by atoms with Gasteiger partial charge in [0, 0.05) is 23.2 Å². The van der Waals surface area contributed by atoms with Crippen molar-refractivity contribution in [2.75, 3.05) is 10.6 Å². The molecule has 0 saturated heterocycles. The van der Waals surface area contributed by atoms with E-state index < -0.39 is 0 Å². The van der Waals surface area contributed by atoms with Crippen LogP contribution in [-0.2, 0) is 4.79 Å². The van der Waals surface area contributed by atoms with Gasteiger partial charge in [0.1, 0.15) is 5.78 Å². The molecule has 0 bridgehead atoms. The van der Waals surface area contributed by atoms with Gasteiger partial charge < -0.3 is 10.6 Å². The molecule has 4 atom stereocenters. The summed E-state index contributed by atoms with van der Waals surface area (Å²) in [6.07, 6.45) is 2.73. The Morgan fingerprint density at radius 2 is 0.860 bits per heavy atom. The Morgan fingerprint density at radius 3 is 1.30 bits per heavy atom. The fourth-order valence-corrected chi connectivity index (χ4v) is 6.84. The highest BCUT2D eigenvalue weighted by molar-refractivity contribution is 5.89. The summed E-state index contributed by atoms with van der Waals surface area (Å²) in [6.45, 7) is 0. The van der Waals surface area contributed by atoms with E-state index in [1.54, 1.807) is 0 Å². The zero-order chi connectivity index (χ0) is 29.0. The monoisotopic (exact) mass is 560 g/mol. The summed E-state index contributed by atoms with van der Waals surface area (Å²) in [4.78, 5) is 14.8. The van der Waals surface area contributed by atoms with Crippen molar-refractivity contribution >= 4 is 38.7 Å². The van der Waals surface area contributed by atoms with Crippen molar-refractivity contribution in [3.8, 4) is 0 Å². The van der Waals surface area contributed by atoms with Crippen LogP contribution in [0.1, 0.15) is 42.5 Å². The molecule has 212 valence electrons. The van der Waals surface area contributed by atoms with Crippen LogP contribution in [0.3, 0.4) is 0 Å². The molecule has 4 unspecified atom stereocenters. The van der Waals surface area contributed by atoms with Crippen molar-refractivity contribution in [3.05, 3.63) is 157 Å². The van der Waals surface area contributed by atoms with Gasteiger partial charge in [-0.1, -0.05) is 116 Å². The van der Waals surface area contributed by atoms with E-state index in [4.69, 9.17) is 0 Å². The van der Waals surface area contributed by atoms with E-state index in [-0.39, 0.29) is 23.9 Å². The lowest BCUT2D eigenvalue weighted by Crippen LogP contribution is -2.39. The van der Waals surface area contributed by atoms with Gasteiger partial charge in [-0.2, -0.15) is 0 Å². The van der Waals surface area contributed by atoms with Gasteiger partial charge in [0.2, 0.25) is 0 Å². The van der Waals surface area contributed by atoms with Crippen LogP contribution in [0.2, 0.25) is 0 Å². The van der Waals surface area contributed by atoms with Crippen molar-refractivity contribution in [2.24, 2.45) is 11.8 Å². The molecule has 43 heavy (non-hydrogen) atoms. The van der Waals surface area contributed by atoms with Gasteiger partial charge in [-0.25, -0.2) is 0 Å². The Kier molecular flexibility index (Phi) is 7.62. The van der Waals surface area contributed by atoms with Crippen molar-refractivity contribution in [1.82, 2.24) is 0 Å². The first-order valence-electron chi connectivity index (χ1n) is 15.4. The van der Waals surface area contributed by atoms with Crippen LogP contribution in [0.5, 0.6) is 0 Å². The number of para-hydroxylation sites is 2. The van der Waals surface area contributed by atoms with E-state index in [1.807, 2.05) is 36.4 Å². The van der Waals surface area contributed by atoms with E-state index >= 15 is 0 Å². The minimum Gasteiger partial charge on any atom is -0.378 e. The SMILES string of the molecule is O=C1C(C(Nc2ccccc2)c2ccc3ccccc3c2)CCCC1C(Nc1ccccc1)c1ccc2ccccc2c1. The standard InChI is InChI=1S/C40H36N2O/c43-40-36(38(41-34-16-3-1-4-17-34)32-24-22-28-12-7-9-14-30(28)26-32)20-11-21-37(40)39(42-35-18-5-2-6-19-35)33-25-23-29-13-8-10-15-31(29)27-33/h1-10,12-19,22-27,36-39,41-42H,11,20-21H2. The number of nitrogens with one attached hydrogen (secondary N) is 2. The van der Waals surface area contributed by atoms with E-state index in [0.29, 0.717) is 5.78 Å². The minimum absolute atomic E-state index is 0.128. The third-order valence-corrected chi connectivity index (χ3v) is 9.02. The molecule has 7 rings (SSSR count). The van der Waals surface area contributed by atoms with Crippen LogP contribution < -0.4 is 10.6 Å². The molecule has 0 aromatic heterocycles. The predicted molar refractivity (Wildman–Crippen MR) is 179 cm³/mol. The second-order valence-electron chi connectivity index (χ2n) is 11.7. The Balaban J connectivity index is 1.28. The van der Waals surface area contributed by atoms with Crippen LogP contribution in [0, 0.1) is 11.8 Å². The number of ketones is 1. The van der Waals surface area contributed by atoms with Crippen molar-refractivity contribution < 1.29 is 4.79 Å². The number of carbonyl (C=O) groups excluding carboxylic acids is 1. The molecule has 6 aromatic carbocycles. The maximum atomic E-state index is 14.8. The van der Waals surface area contributed by atoms with Gasteiger partial charge in [-0.15, -0.1) is 0 Å². The first-order chi connectivity index (χ1) is 21.2. The average Bonchev–Trinajstić information content (AvgIpc) is 3.07. The molecule has 1 fully saturated rings. The Bertz CT molecular complexity index is 1710. The maximum absolute atomic E-state index is 14.8. The molecule has 1 saturated carbocycles. The first-order valence-corrected chi connectivity index (χ1v) is 15.4. The van der Waals surface area contributed by atoms with E-state index in [0.717, 1.165) is 41.8 Å². The Morgan fingerprint density at radius 1 is 0.465 bits per heavy atom. The third-order valence-electron chi connectivity index (χ3n) is 9.02. The van der Waals surface area contributed by atoms with Gasteiger partial charge in [0.15, 0.2) is 0 Å². The smallest absolute Gasteiger partial charge is 0.143 e. The van der Waals surface area contributed by atoms with Gasteiger partial charge in [-0.3, -0.25) is 4.79 Å². The van der Waals surface area contributed by atoms with Gasteiger partial charge in [0.25, 0.3) is 0 Å². The zero-order valence-electron chi connectivity index (χ0n) is 24.2. The largest absolute Gasteiger partial charge is 0.378 e. The minimum atomic E-state index is -0.152. The molecule has 0 heterocycles. The lowest BCUT2D eigenvalue weighted by Gasteiger charge is -2.38. The average molecular weight is 561 g/mol. The van der Waals surface area contributed by atoms with Gasteiger partial charge >= 0.3 is 0 Å². The van der Waals surface area contributed by atoms with Gasteiger partial charge in [0.05, 0.1) is 12.1 Å². The molecule has 6 aromatic rings. The Hall–Kier alpha value is -4.89. The van der Waals surface area contributed by atoms with E-state index in [1.165, 1.54) is 21.5 Å². The predicted octanol–water partition coefficient (Wildman–Crippen LogP) is 9.98. The summed E-state index contributed by atoms with van der Waals surface area (Å²) < 4.78 is 0. The summed E-state index contributed by atoms with van der Waals surface area (Å²) in [7, 11) is 0. The number of benzene rings is 6. The Labute approximate surface area is 253 Å². The quantitative estimate of drug-likeness (QED) is 0.195. The molecule has 0 amide bonds. The van der Waals surface area contributed by atoms with E-state index in [9.17, 15) is 4.79 Å². The lowest BCUT2D eigenvalue weighted by atomic mass is 9.71. The zero-order valence-corrected chi connectivity index (χ0v) is 24.2. The summed E-state index contributed by atoms with van der Waals surface area (Å²) in [5.74, 6) is 0.0238. The molecule has 3 nitrogen and oxygen atoms in total. The number of Topliss-reactive ketones (excluding diaryl/α,β-unsaturated/α-hetero) is 1. The highest BCUT2D eigenvalue weighted by Gasteiger charge is 2.41. The van der Waals surface area contributed by atoms with Crippen molar-refractivity contribution in [2.45, 2.75) is 31.3 Å². The normalized spacial score (nSPS) is 18.3. The summed E-state index contributed by atoms with van der Waals surface area (Å²) in [5.41, 5.74) is 4.37. The molecule has 3 heteroatoms. The number of hydrogen-bond acceptors (Lipinski definition) is 3. The molecule has 0 spiro atoms. The number of hydrogen-bond donors (Lipinski definition) is 2. The van der Waals surface area contributed by atoms with Crippen LogP contribution in [0.4, 0.5) is 11.4 Å². The van der Waals surface area contributed by atoms with Crippen LogP contribution in [0.15, 0.2) is 146 Å². The fourth-order valence-electron chi connectivity index (χ4n) is 6.84. The first kappa shape index (κ1) is 27.0. The van der Waals surface area contributed by atoms with Crippen LogP contribution in [-0.4, -0.2) is 5.78 Å². The van der Waals surface area contributed by atoms with Gasteiger partial charge in [-0.05, 0) is 81.9 Å². The molecule has 0 radical (unpaired) electrons. The number of fused-ring (bicyclic) bond motifs is 2. The van der Waals surface area contributed by atoms with Crippen molar-refractivity contribution in [3.63, 3.8) is 0 Å².